The van der Waals surface area contributed by atoms with E-state index in [1.54, 1.807) is 0 Å². The summed E-state index contributed by atoms with van der Waals surface area (Å²) in [7, 11) is 0. The molecule has 2 nitrogen and oxygen atoms in total. The van der Waals surface area contributed by atoms with E-state index in [0.717, 1.165) is 22.7 Å². The molecule has 270 valence electrons. The van der Waals surface area contributed by atoms with Crippen molar-refractivity contribution in [1.29, 1.82) is 0 Å². The lowest BCUT2D eigenvalue weighted by molar-refractivity contribution is 1.18. The average molecular weight is 729 g/mol. The molecular weight excluding hydrogens is 689 g/mol. The Morgan fingerprint density at radius 1 is 0.298 bits per heavy atom. The zero-order valence-electron chi connectivity index (χ0n) is 31.8. The van der Waals surface area contributed by atoms with Crippen LogP contribution in [0.1, 0.15) is 5.56 Å². The molecule has 10 rings (SSSR count). The number of anilines is 3. The van der Waals surface area contributed by atoms with Gasteiger partial charge in [-0.05, 0) is 100 Å². The summed E-state index contributed by atoms with van der Waals surface area (Å²) < 4.78 is 2.41. The highest BCUT2D eigenvalue weighted by molar-refractivity contribution is 6.09. The largest absolute Gasteiger partial charge is 0.311 e. The van der Waals surface area contributed by atoms with Crippen LogP contribution < -0.4 is 4.90 Å². The van der Waals surface area contributed by atoms with Crippen molar-refractivity contribution >= 4 is 38.9 Å². The normalized spacial score (nSPS) is 11.2. The van der Waals surface area contributed by atoms with Crippen molar-refractivity contribution in [2.45, 2.75) is 6.92 Å². The Balaban J connectivity index is 1.05. The van der Waals surface area contributed by atoms with Crippen LogP contribution in [-0.2, 0) is 0 Å². The minimum absolute atomic E-state index is 1.09. The molecule has 0 fully saturated rings. The number of para-hydroxylation sites is 3. The summed E-state index contributed by atoms with van der Waals surface area (Å²) in [6.07, 6.45) is 0. The van der Waals surface area contributed by atoms with Crippen LogP contribution in [0.4, 0.5) is 17.1 Å². The number of aromatic nitrogens is 1. The predicted molar refractivity (Wildman–Crippen MR) is 242 cm³/mol. The van der Waals surface area contributed by atoms with E-state index in [2.05, 4.69) is 241 Å². The topological polar surface area (TPSA) is 8.17 Å². The Hall–Kier alpha value is -7.42. The molecule has 0 saturated heterocycles. The van der Waals surface area contributed by atoms with Gasteiger partial charge in [0.25, 0.3) is 0 Å². The van der Waals surface area contributed by atoms with Crippen molar-refractivity contribution in [2.75, 3.05) is 4.90 Å². The lowest BCUT2D eigenvalue weighted by Crippen LogP contribution is -2.10. The second kappa shape index (κ2) is 14.7. The number of rotatable bonds is 8. The first-order valence-corrected chi connectivity index (χ1v) is 19.6. The third-order valence-electron chi connectivity index (χ3n) is 11.1. The Morgan fingerprint density at radius 3 is 1.19 bits per heavy atom. The van der Waals surface area contributed by atoms with Gasteiger partial charge >= 0.3 is 0 Å². The minimum Gasteiger partial charge on any atom is -0.311 e. The molecule has 0 aliphatic rings. The van der Waals surface area contributed by atoms with E-state index >= 15 is 0 Å². The van der Waals surface area contributed by atoms with E-state index in [1.807, 2.05) is 0 Å². The molecule has 0 spiro atoms. The molecule has 0 saturated carbocycles. The first-order chi connectivity index (χ1) is 28.2. The highest BCUT2D eigenvalue weighted by Crippen LogP contribution is 2.41. The van der Waals surface area contributed by atoms with E-state index in [-0.39, 0.29) is 0 Å². The number of fused-ring (bicyclic) bond motifs is 3. The number of aryl methyl sites for hydroxylation is 1. The molecule has 10 aromatic rings. The maximum absolute atomic E-state index is 2.41. The molecule has 0 unspecified atom stereocenters. The molecule has 2 heteroatoms. The molecule has 9 aromatic carbocycles. The molecule has 0 atom stereocenters. The Kier molecular flexibility index (Phi) is 8.78. The van der Waals surface area contributed by atoms with Gasteiger partial charge in [-0.15, -0.1) is 0 Å². The smallest absolute Gasteiger partial charge is 0.0541 e. The first-order valence-electron chi connectivity index (χ1n) is 19.6. The average Bonchev–Trinajstić information content (AvgIpc) is 3.62. The SMILES string of the molecule is Cc1ccc(-c2ccc(N(c3ccc(-c4ccccc4-c4ccccc4)cc3)c3ccc(-c4ccccc4-n4c5ccccc5c5ccccc54)cc3)cc2)cc1. The molecule has 57 heavy (non-hydrogen) atoms. The fourth-order valence-corrected chi connectivity index (χ4v) is 8.28. The Bertz CT molecular complexity index is 2920. The summed E-state index contributed by atoms with van der Waals surface area (Å²) in [6.45, 7) is 2.13. The molecule has 1 aromatic heterocycles. The number of hydrogen-bond donors (Lipinski definition) is 0. The van der Waals surface area contributed by atoms with E-state index in [0.29, 0.717) is 0 Å². The van der Waals surface area contributed by atoms with Gasteiger partial charge in [-0.1, -0.05) is 175 Å². The zero-order valence-corrected chi connectivity index (χ0v) is 31.8. The van der Waals surface area contributed by atoms with Crippen molar-refractivity contribution in [3.8, 4) is 50.2 Å². The second-order valence-corrected chi connectivity index (χ2v) is 14.6. The minimum atomic E-state index is 1.09. The van der Waals surface area contributed by atoms with Gasteiger partial charge in [0.2, 0.25) is 0 Å². The van der Waals surface area contributed by atoms with Crippen LogP contribution in [0.15, 0.2) is 224 Å². The number of benzene rings is 9. The van der Waals surface area contributed by atoms with E-state index in [1.165, 1.54) is 71.9 Å². The Morgan fingerprint density at radius 2 is 0.667 bits per heavy atom. The highest BCUT2D eigenvalue weighted by atomic mass is 15.1. The standard InChI is InChI=1S/C55H40N2/c1-39-23-25-40(26-24-39)41-27-33-45(34-28-41)56(46-35-29-43(30-36-46)49-16-6-5-15-48(49)42-13-3-2-4-14-42)47-37-31-44(32-38-47)50-17-7-10-20-53(50)57-54-21-11-8-18-51(54)52-19-9-12-22-55(52)57/h2-38H,1H3. The first kappa shape index (κ1) is 34.1. The maximum atomic E-state index is 2.41. The lowest BCUT2D eigenvalue weighted by Gasteiger charge is -2.26. The van der Waals surface area contributed by atoms with Gasteiger partial charge < -0.3 is 9.47 Å². The summed E-state index contributed by atoms with van der Waals surface area (Å²) in [4.78, 5) is 2.36. The van der Waals surface area contributed by atoms with Crippen molar-refractivity contribution in [3.05, 3.63) is 230 Å². The zero-order chi connectivity index (χ0) is 38.1. The molecule has 0 radical (unpaired) electrons. The van der Waals surface area contributed by atoms with Gasteiger partial charge in [0.1, 0.15) is 0 Å². The van der Waals surface area contributed by atoms with E-state index in [9.17, 15) is 0 Å². The highest BCUT2D eigenvalue weighted by Gasteiger charge is 2.17. The fraction of sp³-hybridized carbons (Fsp3) is 0.0182. The third-order valence-corrected chi connectivity index (χ3v) is 11.1. The molecular formula is C55H40N2. The quantitative estimate of drug-likeness (QED) is 0.151. The van der Waals surface area contributed by atoms with Crippen LogP contribution in [0, 0.1) is 6.92 Å². The lowest BCUT2D eigenvalue weighted by atomic mass is 9.94. The molecule has 0 N–H and O–H groups in total. The fourth-order valence-electron chi connectivity index (χ4n) is 8.28. The van der Waals surface area contributed by atoms with Crippen molar-refractivity contribution < 1.29 is 0 Å². The van der Waals surface area contributed by atoms with Crippen LogP contribution in [0.25, 0.3) is 72.0 Å². The van der Waals surface area contributed by atoms with E-state index in [4.69, 9.17) is 0 Å². The van der Waals surface area contributed by atoms with Crippen LogP contribution in [-0.4, -0.2) is 4.57 Å². The molecule has 0 aliphatic heterocycles. The van der Waals surface area contributed by atoms with Crippen LogP contribution in [0.5, 0.6) is 0 Å². The molecule has 0 amide bonds. The summed E-state index contributed by atoms with van der Waals surface area (Å²) in [6, 6.07) is 81.2. The van der Waals surface area contributed by atoms with Crippen molar-refractivity contribution in [1.82, 2.24) is 4.57 Å². The van der Waals surface area contributed by atoms with Crippen LogP contribution in [0.2, 0.25) is 0 Å². The Labute approximate surface area is 334 Å². The van der Waals surface area contributed by atoms with Gasteiger partial charge in [-0.25, -0.2) is 0 Å². The predicted octanol–water partition coefficient (Wildman–Crippen LogP) is 15.2. The summed E-state index contributed by atoms with van der Waals surface area (Å²) in [5.74, 6) is 0. The maximum Gasteiger partial charge on any atom is 0.0541 e. The van der Waals surface area contributed by atoms with Gasteiger partial charge in [-0.3, -0.25) is 0 Å². The molecule has 0 bridgehead atoms. The van der Waals surface area contributed by atoms with Crippen molar-refractivity contribution in [2.24, 2.45) is 0 Å². The number of nitrogens with zero attached hydrogens (tertiary/aromatic N) is 2. The summed E-state index contributed by atoms with van der Waals surface area (Å²) >= 11 is 0. The van der Waals surface area contributed by atoms with E-state index < -0.39 is 0 Å². The van der Waals surface area contributed by atoms with Crippen molar-refractivity contribution in [3.63, 3.8) is 0 Å². The van der Waals surface area contributed by atoms with Gasteiger partial charge in [0, 0.05) is 33.4 Å². The van der Waals surface area contributed by atoms with Gasteiger partial charge in [0.15, 0.2) is 0 Å². The third kappa shape index (κ3) is 6.38. The second-order valence-electron chi connectivity index (χ2n) is 14.6. The van der Waals surface area contributed by atoms with Gasteiger partial charge in [0.05, 0.1) is 16.7 Å². The summed E-state index contributed by atoms with van der Waals surface area (Å²) in [5, 5.41) is 2.52. The van der Waals surface area contributed by atoms with Gasteiger partial charge in [-0.2, -0.15) is 0 Å². The number of hydrogen-bond acceptors (Lipinski definition) is 1. The monoisotopic (exact) mass is 728 g/mol. The summed E-state index contributed by atoms with van der Waals surface area (Å²) in [5.41, 5.74) is 17.7. The van der Waals surface area contributed by atoms with Crippen LogP contribution >= 0.6 is 0 Å². The molecule has 0 aliphatic carbocycles. The van der Waals surface area contributed by atoms with Crippen LogP contribution in [0.3, 0.4) is 0 Å². The molecule has 1 heterocycles.